The molecule has 0 radical (unpaired) electrons. The van der Waals surface area contributed by atoms with Gasteiger partial charge in [0.05, 0.1) is 31.0 Å². The number of ether oxygens (including phenoxy) is 2. The number of carbonyl (C=O) groups is 2. The lowest BCUT2D eigenvalue weighted by Gasteiger charge is -2.18. The van der Waals surface area contributed by atoms with E-state index in [1.165, 1.54) is 7.11 Å². The number of carbonyl (C=O) groups excluding carboxylic acids is 2. The van der Waals surface area contributed by atoms with Gasteiger partial charge in [-0.2, -0.15) is 0 Å². The maximum absolute atomic E-state index is 12.4. The SMILES string of the molecule is COC(=O)c1ccc2c(c1)NC(=O)/C2=C(/OC)C1C=CC=CC1. The Morgan fingerprint density at radius 1 is 1.22 bits per heavy atom. The third-order valence-corrected chi connectivity index (χ3v) is 3.97. The molecular formula is C18H17NO4. The molecule has 1 aromatic rings. The minimum atomic E-state index is -0.438. The lowest BCUT2D eigenvalue weighted by Crippen LogP contribution is -2.12. The molecule has 0 aromatic heterocycles. The van der Waals surface area contributed by atoms with Crippen LogP contribution in [0.3, 0.4) is 0 Å². The Hall–Kier alpha value is -2.82. The van der Waals surface area contributed by atoms with Gasteiger partial charge < -0.3 is 14.8 Å². The zero-order valence-electron chi connectivity index (χ0n) is 13.0. The Morgan fingerprint density at radius 2 is 2.04 bits per heavy atom. The first-order valence-electron chi connectivity index (χ1n) is 7.31. The fraction of sp³-hybridized carbons (Fsp3) is 0.222. The highest BCUT2D eigenvalue weighted by molar-refractivity contribution is 6.32. The average molecular weight is 311 g/mol. The molecule has 5 nitrogen and oxygen atoms in total. The second-order valence-electron chi connectivity index (χ2n) is 5.30. The van der Waals surface area contributed by atoms with Gasteiger partial charge >= 0.3 is 5.97 Å². The molecule has 1 aliphatic heterocycles. The molecule has 0 spiro atoms. The summed E-state index contributed by atoms with van der Waals surface area (Å²) in [5, 5.41) is 2.79. The van der Waals surface area contributed by atoms with E-state index in [4.69, 9.17) is 9.47 Å². The molecule has 1 aliphatic carbocycles. The molecule has 1 atom stereocenters. The second kappa shape index (κ2) is 6.12. The van der Waals surface area contributed by atoms with E-state index in [-0.39, 0.29) is 11.8 Å². The molecular weight excluding hydrogens is 294 g/mol. The predicted molar refractivity (Wildman–Crippen MR) is 86.7 cm³/mol. The van der Waals surface area contributed by atoms with Crippen molar-refractivity contribution in [3.05, 3.63) is 59.4 Å². The zero-order chi connectivity index (χ0) is 16.4. The lowest BCUT2D eigenvalue weighted by atomic mass is 9.93. The molecule has 0 saturated carbocycles. The fourth-order valence-electron chi connectivity index (χ4n) is 2.88. The number of hydrogen-bond donors (Lipinski definition) is 1. The van der Waals surface area contributed by atoms with Crippen LogP contribution in [0.4, 0.5) is 5.69 Å². The van der Waals surface area contributed by atoms with E-state index in [0.29, 0.717) is 22.6 Å². The summed E-state index contributed by atoms with van der Waals surface area (Å²) in [5.41, 5.74) is 2.25. The number of hydrogen-bond acceptors (Lipinski definition) is 4. The summed E-state index contributed by atoms with van der Waals surface area (Å²) in [7, 11) is 2.90. The fourth-order valence-corrected chi connectivity index (χ4v) is 2.88. The van der Waals surface area contributed by atoms with Crippen molar-refractivity contribution in [3.63, 3.8) is 0 Å². The van der Waals surface area contributed by atoms with Crippen molar-refractivity contribution in [2.24, 2.45) is 5.92 Å². The molecule has 118 valence electrons. The standard InChI is InChI=1S/C18H17NO4/c1-22-16(11-6-4-3-5-7-11)15-13-9-8-12(18(21)23-2)10-14(13)19-17(15)20/h3-6,8-11H,7H2,1-2H3,(H,19,20)/b16-15+. The zero-order valence-corrected chi connectivity index (χ0v) is 13.0. The maximum Gasteiger partial charge on any atom is 0.337 e. The normalized spacial score (nSPS) is 20.8. The number of benzene rings is 1. The number of methoxy groups -OCH3 is 2. The van der Waals surface area contributed by atoms with Crippen LogP contribution >= 0.6 is 0 Å². The van der Waals surface area contributed by atoms with Gasteiger partial charge in [-0.1, -0.05) is 30.4 Å². The first kappa shape index (κ1) is 15.1. The van der Waals surface area contributed by atoms with Crippen LogP contribution in [0, 0.1) is 5.92 Å². The van der Waals surface area contributed by atoms with E-state index in [1.54, 1.807) is 25.3 Å². The highest BCUT2D eigenvalue weighted by Crippen LogP contribution is 2.38. The van der Waals surface area contributed by atoms with Gasteiger partial charge in [0, 0.05) is 11.5 Å². The Bertz CT molecular complexity index is 758. The average Bonchev–Trinajstić information content (AvgIpc) is 2.91. The smallest absolute Gasteiger partial charge is 0.337 e. The number of rotatable bonds is 3. The van der Waals surface area contributed by atoms with Crippen LogP contribution in [-0.2, 0) is 14.3 Å². The van der Waals surface area contributed by atoms with E-state index in [0.717, 1.165) is 12.0 Å². The van der Waals surface area contributed by atoms with Crippen LogP contribution in [-0.4, -0.2) is 26.1 Å². The molecule has 1 N–H and O–H groups in total. The third kappa shape index (κ3) is 2.65. The van der Waals surface area contributed by atoms with Crippen LogP contribution in [0.1, 0.15) is 22.3 Å². The number of anilines is 1. The van der Waals surface area contributed by atoms with Gasteiger partial charge in [-0.25, -0.2) is 4.79 Å². The van der Waals surface area contributed by atoms with E-state index >= 15 is 0 Å². The number of fused-ring (bicyclic) bond motifs is 1. The number of amides is 1. The third-order valence-electron chi connectivity index (χ3n) is 3.97. The van der Waals surface area contributed by atoms with Gasteiger partial charge in [0.1, 0.15) is 5.76 Å². The van der Waals surface area contributed by atoms with E-state index in [9.17, 15) is 9.59 Å². The van der Waals surface area contributed by atoms with Gasteiger partial charge in [0.2, 0.25) is 0 Å². The Kier molecular flexibility index (Phi) is 4.02. The number of esters is 1. The molecule has 1 aromatic carbocycles. The summed E-state index contributed by atoms with van der Waals surface area (Å²) < 4.78 is 10.3. The second-order valence-corrected chi connectivity index (χ2v) is 5.30. The maximum atomic E-state index is 12.4. The van der Waals surface area contributed by atoms with Crippen molar-refractivity contribution in [1.82, 2.24) is 0 Å². The largest absolute Gasteiger partial charge is 0.500 e. The first-order valence-corrected chi connectivity index (χ1v) is 7.31. The van der Waals surface area contributed by atoms with Gasteiger partial charge in [-0.15, -0.1) is 0 Å². The molecule has 2 aliphatic rings. The lowest BCUT2D eigenvalue weighted by molar-refractivity contribution is -0.111. The summed E-state index contributed by atoms with van der Waals surface area (Å²) in [5.74, 6) is -0.00161. The number of allylic oxidation sites excluding steroid dienone is 4. The predicted octanol–water partition coefficient (Wildman–Crippen LogP) is 2.92. The summed E-state index contributed by atoms with van der Waals surface area (Å²) in [6, 6.07) is 5.01. The topological polar surface area (TPSA) is 64.6 Å². The first-order chi connectivity index (χ1) is 11.2. The van der Waals surface area contributed by atoms with Crippen LogP contribution in [0.5, 0.6) is 0 Å². The van der Waals surface area contributed by atoms with Gasteiger partial charge in [-0.3, -0.25) is 4.79 Å². The minimum Gasteiger partial charge on any atom is -0.500 e. The Labute approximate surface area is 134 Å². The molecule has 0 bridgehead atoms. The van der Waals surface area contributed by atoms with Crippen molar-refractivity contribution in [1.29, 1.82) is 0 Å². The molecule has 23 heavy (non-hydrogen) atoms. The van der Waals surface area contributed by atoms with Crippen LogP contribution in [0.15, 0.2) is 48.3 Å². The van der Waals surface area contributed by atoms with Crippen LogP contribution in [0.2, 0.25) is 0 Å². The van der Waals surface area contributed by atoms with Gasteiger partial charge in [0.25, 0.3) is 5.91 Å². The van der Waals surface area contributed by atoms with E-state index < -0.39 is 5.97 Å². The van der Waals surface area contributed by atoms with E-state index in [1.807, 2.05) is 24.3 Å². The van der Waals surface area contributed by atoms with Crippen molar-refractivity contribution in [2.45, 2.75) is 6.42 Å². The van der Waals surface area contributed by atoms with Gasteiger partial charge in [0.15, 0.2) is 0 Å². The summed E-state index contributed by atoms with van der Waals surface area (Å²) in [6.07, 6.45) is 8.76. The van der Waals surface area contributed by atoms with Crippen molar-refractivity contribution in [3.8, 4) is 0 Å². The summed E-state index contributed by atoms with van der Waals surface area (Å²) in [6.45, 7) is 0. The summed E-state index contributed by atoms with van der Waals surface area (Å²) in [4.78, 5) is 24.0. The Balaban J connectivity index is 2.07. The molecule has 1 amide bonds. The molecule has 1 unspecified atom stereocenters. The monoisotopic (exact) mass is 311 g/mol. The highest BCUT2D eigenvalue weighted by Gasteiger charge is 2.31. The van der Waals surface area contributed by atoms with Crippen LogP contribution in [0.25, 0.3) is 5.57 Å². The Morgan fingerprint density at radius 3 is 2.70 bits per heavy atom. The molecule has 1 heterocycles. The number of nitrogens with one attached hydrogen (secondary N) is 1. The quantitative estimate of drug-likeness (QED) is 0.529. The van der Waals surface area contributed by atoms with Gasteiger partial charge in [-0.05, 0) is 18.6 Å². The highest BCUT2D eigenvalue weighted by atomic mass is 16.5. The van der Waals surface area contributed by atoms with Crippen molar-refractivity contribution in [2.75, 3.05) is 19.5 Å². The van der Waals surface area contributed by atoms with Crippen molar-refractivity contribution < 1.29 is 19.1 Å². The molecule has 0 saturated heterocycles. The molecule has 3 rings (SSSR count). The van der Waals surface area contributed by atoms with Crippen molar-refractivity contribution >= 4 is 23.1 Å². The molecule has 0 fully saturated rings. The molecule has 5 heteroatoms. The van der Waals surface area contributed by atoms with Crippen LogP contribution < -0.4 is 5.32 Å². The minimum absolute atomic E-state index is 0.0250. The van der Waals surface area contributed by atoms with E-state index in [2.05, 4.69) is 5.32 Å². The summed E-state index contributed by atoms with van der Waals surface area (Å²) >= 11 is 0.